The van der Waals surface area contributed by atoms with Crippen LogP contribution in [0.15, 0.2) is 78.9 Å². The van der Waals surface area contributed by atoms with Gasteiger partial charge in [0.1, 0.15) is 17.9 Å². The number of hydrogen-bond donors (Lipinski definition) is 2. The van der Waals surface area contributed by atoms with Crippen LogP contribution in [0.1, 0.15) is 11.1 Å². The van der Waals surface area contributed by atoms with Crippen molar-refractivity contribution in [2.45, 2.75) is 18.4 Å². The predicted molar refractivity (Wildman–Crippen MR) is 123 cm³/mol. The minimum atomic E-state index is -1.25. The Balaban J connectivity index is 1.57. The third-order valence-corrected chi connectivity index (χ3v) is 5.68. The summed E-state index contributed by atoms with van der Waals surface area (Å²) in [6, 6.07) is 21.7. The number of carbonyl (C=O) groups is 3. The largest absolute Gasteiger partial charge is 0.325 e. The molecule has 3 aromatic rings. The smallest absolute Gasteiger partial charge is 0.322 e. The van der Waals surface area contributed by atoms with Crippen molar-refractivity contribution in [3.05, 3.63) is 101 Å². The fourth-order valence-electron chi connectivity index (χ4n) is 3.94. The fourth-order valence-corrected chi connectivity index (χ4v) is 4.11. The SMILES string of the molecule is O=C(CN1C(=O)NC(Cc2ccccc2)(Cc2ccccc2)C1=O)Nc1cc(Cl)ccc1F. The van der Waals surface area contributed by atoms with Crippen LogP contribution in [0.2, 0.25) is 5.02 Å². The van der Waals surface area contributed by atoms with Gasteiger partial charge < -0.3 is 10.6 Å². The minimum Gasteiger partial charge on any atom is -0.322 e. The van der Waals surface area contributed by atoms with Gasteiger partial charge in [0.05, 0.1) is 5.69 Å². The van der Waals surface area contributed by atoms with Crippen molar-refractivity contribution in [1.82, 2.24) is 10.2 Å². The van der Waals surface area contributed by atoms with E-state index in [1.165, 1.54) is 12.1 Å². The topological polar surface area (TPSA) is 78.5 Å². The average molecular weight is 466 g/mol. The Morgan fingerprint density at radius 1 is 0.939 bits per heavy atom. The molecule has 168 valence electrons. The van der Waals surface area contributed by atoms with Gasteiger partial charge in [0.25, 0.3) is 5.91 Å². The molecule has 4 amide bonds. The molecule has 0 bridgehead atoms. The van der Waals surface area contributed by atoms with Crippen molar-refractivity contribution in [3.63, 3.8) is 0 Å². The van der Waals surface area contributed by atoms with Gasteiger partial charge in [0.15, 0.2) is 0 Å². The van der Waals surface area contributed by atoms with Gasteiger partial charge in [0, 0.05) is 17.9 Å². The molecular formula is C25H21ClFN3O3. The lowest BCUT2D eigenvalue weighted by Gasteiger charge is -2.27. The maximum absolute atomic E-state index is 14.0. The molecule has 0 unspecified atom stereocenters. The molecule has 0 aliphatic carbocycles. The fraction of sp³-hybridized carbons (Fsp3) is 0.160. The summed E-state index contributed by atoms with van der Waals surface area (Å²) in [5.41, 5.74) is 0.365. The lowest BCUT2D eigenvalue weighted by atomic mass is 9.84. The number of anilines is 1. The number of carbonyl (C=O) groups excluding carboxylic acids is 3. The maximum atomic E-state index is 14.0. The van der Waals surface area contributed by atoms with E-state index in [0.717, 1.165) is 22.1 Å². The summed E-state index contributed by atoms with van der Waals surface area (Å²) in [6.07, 6.45) is 0.517. The lowest BCUT2D eigenvalue weighted by Crippen LogP contribution is -2.51. The molecule has 33 heavy (non-hydrogen) atoms. The number of urea groups is 1. The Hall–Kier alpha value is -3.71. The summed E-state index contributed by atoms with van der Waals surface area (Å²) in [7, 11) is 0. The average Bonchev–Trinajstić information content (AvgIpc) is 3.01. The summed E-state index contributed by atoms with van der Waals surface area (Å²) >= 11 is 5.86. The molecule has 0 aromatic heterocycles. The first-order chi connectivity index (χ1) is 15.9. The van der Waals surface area contributed by atoms with E-state index in [4.69, 9.17) is 11.6 Å². The Kier molecular flexibility index (Phi) is 6.42. The summed E-state index contributed by atoms with van der Waals surface area (Å²) in [5, 5.41) is 5.43. The second-order valence-electron chi connectivity index (χ2n) is 7.90. The van der Waals surface area contributed by atoms with Crippen LogP contribution in [0.25, 0.3) is 0 Å². The molecule has 1 heterocycles. The van der Waals surface area contributed by atoms with Crippen LogP contribution in [-0.4, -0.2) is 34.8 Å². The van der Waals surface area contributed by atoms with Crippen molar-refractivity contribution >= 4 is 35.1 Å². The third kappa shape index (κ3) is 5.04. The van der Waals surface area contributed by atoms with Crippen LogP contribution in [0, 0.1) is 5.82 Å². The van der Waals surface area contributed by atoms with E-state index in [1.807, 2.05) is 60.7 Å². The van der Waals surface area contributed by atoms with E-state index in [9.17, 15) is 18.8 Å². The highest BCUT2D eigenvalue weighted by Crippen LogP contribution is 2.27. The van der Waals surface area contributed by atoms with Crippen molar-refractivity contribution in [3.8, 4) is 0 Å². The number of imide groups is 1. The molecule has 4 rings (SSSR count). The number of hydrogen-bond acceptors (Lipinski definition) is 3. The second kappa shape index (κ2) is 9.42. The summed E-state index contributed by atoms with van der Waals surface area (Å²) in [5.74, 6) is -1.90. The first-order valence-electron chi connectivity index (χ1n) is 10.3. The van der Waals surface area contributed by atoms with Gasteiger partial charge in [0.2, 0.25) is 5.91 Å². The zero-order valence-corrected chi connectivity index (χ0v) is 18.3. The second-order valence-corrected chi connectivity index (χ2v) is 8.34. The van der Waals surface area contributed by atoms with Crippen molar-refractivity contribution in [1.29, 1.82) is 0 Å². The highest BCUT2D eigenvalue weighted by molar-refractivity contribution is 6.30. The summed E-state index contributed by atoms with van der Waals surface area (Å²) < 4.78 is 14.0. The number of amides is 4. The zero-order chi connectivity index (χ0) is 23.4. The molecular weight excluding hydrogens is 445 g/mol. The number of nitrogens with one attached hydrogen (secondary N) is 2. The Morgan fingerprint density at radius 3 is 2.09 bits per heavy atom. The molecule has 1 aliphatic heterocycles. The van der Waals surface area contributed by atoms with Crippen LogP contribution in [-0.2, 0) is 22.4 Å². The molecule has 1 aliphatic rings. The molecule has 0 atom stereocenters. The van der Waals surface area contributed by atoms with E-state index in [2.05, 4.69) is 10.6 Å². The molecule has 0 saturated carbocycles. The molecule has 6 nitrogen and oxygen atoms in total. The minimum absolute atomic E-state index is 0.126. The van der Waals surface area contributed by atoms with Gasteiger partial charge in [-0.2, -0.15) is 0 Å². The van der Waals surface area contributed by atoms with Crippen molar-refractivity contribution in [2.24, 2.45) is 0 Å². The molecule has 0 radical (unpaired) electrons. The maximum Gasteiger partial charge on any atom is 0.325 e. The van der Waals surface area contributed by atoms with Gasteiger partial charge in [-0.25, -0.2) is 9.18 Å². The highest BCUT2D eigenvalue weighted by Gasteiger charge is 2.51. The standard InChI is InChI=1S/C25H21ClFN3O3/c26-19-11-12-20(27)21(13-19)28-22(31)16-30-23(32)25(29-24(30)33,14-17-7-3-1-4-8-17)15-18-9-5-2-6-10-18/h1-13H,14-16H2,(H,28,31)(H,29,33). The van der Waals surface area contributed by atoms with Gasteiger partial charge in [-0.05, 0) is 29.3 Å². The van der Waals surface area contributed by atoms with Gasteiger partial charge >= 0.3 is 6.03 Å². The molecule has 8 heteroatoms. The van der Waals surface area contributed by atoms with E-state index in [0.29, 0.717) is 0 Å². The van der Waals surface area contributed by atoms with Crippen LogP contribution < -0.4 is 10.6 Å². The van der Waals surface area contributed by atoms with E-state index in [1.54, 1.807) is 0 Å². The molecule has 2 N–H and O–H groups in total. The van der Waals surface area contributed by atoms with E-state index >= 15 is 0 Å². The number of rotatable bonds is 7. The van der Waals surface area contributed by atoms with Crippen LogP contribution in [0.5, 0.6) is 0 Å². The monoisotopic (exact) mass is 465 g/mol. The molecule has 0 spiro atoms. The number of halogens is 2. The van der Waals surface area contributed by atoms with Crippen LogP contribution in [0.4, 0.5) is 14.9 Å². The zero-order valence-electron chi connectivity index (χ0n) is 17.6. The Labute approximate surface area is 195 Å². The summed E-state index contributed by atoms with van der Waals surface area (Å²) in [4.78, 5) is 39.8. The highest BCUT2D eigenvalue weighted by atomic mass is 35.5. The molecule has 3 aromatic carbocycles. The normalized spacial score (nSPS) is 14.8. The van der Waals surface area contributed by atoms with Gasteiger partial charge in [-0.3, -0.25) is 14.5 Å². The quantitative estimate of drug-likeness (QED) is 0.513. The van der Waals surface area contributed by atoms with E-state index in [-0.39, 0.29) is 23.6 Å². The first kappa shape index (κ1) is 22.5. The van der Waals surface area contributed by atoms with E-state index < -0.39 is 35.7 Å². The molecule has 1 fully saturated rings. The van der Waals surface area contributed by atoms with Gasteiger partial charge in [-0.15, -0.1) is 0 Å². The van der Waals surface area contributed by atoms with Gasteiger partial charge in [-0.1, -0.05) is 72.3 Å². The van der Waals surface area contributed by atoms with Crippen LogP contribution >= 0.6 is 11.6 Å². The van der Waals surface area contributed by atoms with Crippen LogP contribution in [0.3, 0.4) is 0 Å². The lowest BCUT2D eigenvalue weighted by molar-refractivity contribution is -0.133. The molecule has 1 saturated heterocycles. The van der Waals surface area contributed by atoms with Crippen molar-refractivity contribution < 1.29 is 18.8 Å². The third-order valence-electron chi connectivity index (χ3n) is 5.45. The summed E-state index contributed by atoms with van der Waals surface area (Å²) in [6.45, 7) is -0.554. The first-order valence-corrected chi connectivity index (χ1v) is 10.7. The Morgan fingerprint density at radius 2 is 1.52 bits per heavy atom. The Bertz CT molecular complexity index is 1150. The number of benzene rings is 3. The predicted octanol–water partition coefficient (Wildman–Crippen LogP) is 4.19. The number of nitrogens with zero attached hydrogens (tertiary/aromatic N) is 1. The van der Waals surface area contributed by atoms with Crippen molar-refractivity contribution in [2.75, 3.05) is 11.9 Å².